The molecule has 2 rings (SSSR count). The Balaban J connectivity index is 1.95. The van der Waals surface area contributed by atoms with Crippen LogP contribution in [0.15, 0.2) is 42.6 Å². The van der Waals surface area contributed by atoms with Crippen molar-refractivity contribution in [3.63, 3.8) is 0 Å². The summed E-state index contributed by atoms with van der Waals surface area (Å²) in [5.74, 6) is -0.527. The van der Waals surface area contributed by atoms with Crippen LogP contribution in [-0.2, 0) is 9.53 Å². The number of amides is 1. The molecule has 126 valence electrons. The van der Waals surface area contributed by atoms with Gasteiger partial charge in [0.25, 0.3) is 0 Å². The van der Waals surface area contributed by atoms with E-state index in [1.807, 2.05) is 25.1 Å². The molecule has 0 spiro atoms. The van der Waals surface area contributed by atoms with Crippen molar-refractivity contribution in [2.45, 2.75) is 38.0 Å². The first-order valence-corrected chi connectivity index (χ1v) is 8.03. The van der Waals surface area contributed by atoms with Gasteiger partial charge in [0.2, 0.25) is 5.91 Å². The monoisotopic (exact) mass is 318 g/mol. The Hall–Kier alpha value is -1.69. The Morgan fingerprint density at radius 1 is 1.43 bits per heavy atom. The van der Waals surface area contributed by atoms with Gasteiger partial charge in [0.15, 0.2) is 0 Å². The van der Waals surface area contributed by atoms with Gasteiger partial charge in [-0.25, -0.2) is 0 Å². The molecule has 0 aromatic heterocycles. The number of aliphatic hydroxyl groups excluding tert-OH is 1. The number of methoxy groups -OCH3 is 1. The summed E-state index contributed by atoms with van der Waals surface area (Å²) in [5.41, 5.74) is 0.980. The maximum Gasteiger partial charge on any atom is 0.229 e. The van der Waals surface area contributed by atoms with Crippen LogP contribution >= 0.6 is 0 Å². The van der Waals surface area contributed by atoms with E-state index >= 15 is 0 Å². The second-order valence-corrected chi connectivity index (χ2v) is 6.02. The fourth-order valence-electron chi connectivity index (χ4n) is 3.03. The van der Waals surface area contributed by atoms with E-state index in [-0.39, 0.29) is 29.7 Å². The quantitative estimate of drug-likeness (QED) is 0.716. The fourth-order valence-corrected chi connectivity index (χ4v) is 3.03. The summed E-state index contributed by atoms with van der Waals surface area (Å²) >= 11 is 0. The fraction of sp³-hybridized carbons (Fsp3) is 0.500. The van der Waals surface area contributed by atoms with Crippen LogP contribution in [0.4, 0.5) is 0 Å². The lowest BCUT2D eigenvalue weighted by atomic mass is 9.95. The van der Waals surface area contributed by atoms with Gasteiger partial charge >= 0.3 is 0 Å². The molecule has 0 saturated carbocycles. The molecule has 1 aromatic rings. The first kappa shape index (κ1) is 17.7. The molecule has 0 unspecified atom stereocenters. The van der Waals surface area contributed by atoms with Crippen molar-refractivity contribution in [2.75, 3.05) is 13.7 Å². The van der Waals surface area contributed by atoms with Gasteiger partial charge in [0.05, 0.1) is 12.0 Å². The van der Waals surface area contributed by atoms with Crippen LogP contribution in [0.25, 0.3) is 0 Å². The molecule has 0 aliphatic carbocycles. The summed E-state index contributed by atoms with van der Waals surface area (Å²) in [6.07, 6.45) is 0.985. The molecular formula is C18H26N2O3. The third-order valence-electron chi connectivity index (χ3n) is 4.40. The van der Waals surface area contributed by atoms with E-state index in [4.69, 9.17) is 4.74 Å². The van der Waals surface area contributed by atoms with Crippen molar-refractivity contribution in [2.24, 2.45) is 5.92 Å². The molecule has 1 aromatic carbocycles. The summed E-state index contributed by atoms with van der Waals surface area (Å²) in [6.45, 7) is 6.59. The van der Waals surface area contributed by atoms with Crippen molar-refractivity contribution in [3.8, 4) is 0 Å². The minimum Gasteiger partial charge on any atom is -0.382 e. The summed E-state index contributed by atoms with van der Waals surface area (Å²) in [6, 6.07) is 9.33. The van der Waals surface area contributed by atoms with Gasteiger partial charge < -0.3 is 20.5 Å². The normalized spacial score (nSPS) is 21.4. The highest BCUT2D eigenvalue weighted by molar-refractivity contribution is 5.80. The molecule has 1 aliphatic rings. The maximum atomic E-state index is 12.5. The molecule has 5 heteroatoms. The van der Waals surface area contributed by atoms with Gasteiger partial charge in [-0.2, -0.15) is 0 Å². The zero-order chi connectivity index (χ0) is 16.8. The molecule has 23 heavy (non-hydrogen) atoms. The van der Waals surface area contributed by atoms with Crippen LogP contribution in [0.5, 0.6) is 0 Å². The van der Waals surface area contributed by atoms with Crippen molar-refractivity contribution < 1.29 is 14.6 Å². The average Bonchev–Trinajstić information content (AvgIpc) is 3.09. The van der Waals surface area contributed by atoms with Crippen molar-refractivity contribution >= 4 is 5.91 Å². The molecule has 1 heterocycles. The van der Waals surface area contributed by atoms with Crippen molar-refractivity contribution in [3.05, 3.63) is 48.2 Å². The third-order valence-corrected chi connectivity index (χ3v) is 4.40. The van der Waals surface area contributed by atoms with E-state index in [9.17, 15) is 9.90 Å². The smallest absolute Gasteiger partial charge is 0.229 e. The first-order chi connectivity index (χ1) is 11.0. The minimum absolute atomic E-state index is 0.188. The maximum absolute atomic E-state index is 12.5. The number of rotatable bonds is 7. The van der Waals surface area contributed by atoms with Gasteiger partial charge in [-0.1, -0.05) is 43.8 Å². The first-order valence-electron chi connectivity index (χ1n) is 8.03. The standard InChI is InChI=1S/C18H26N2O3/c1-12(17(23-3)15-10-7-11-19-15)18(22)20-13(2)16(21)14-8-5-4-6-9-14/h4-6,8-9,12,15-17,19,21H,2,7,10-11H2,1,3H3,(H,20,22)/t12-,15+,16-,17-/m1/s1. The van der Waals surface area contributed by atoms with Crippen LogP contribution < -0.4 is 10.6 Å². The topological polar surface area (TPSA) is 70.6 Å². The van der Waals surface area contributed by atoms with Crippen LogP contribution in [0.3, 0.4) is 0 Å². The van der Waals surface area contributed by atoms with E-state index in [0.29, 0.717) is 5.56 Å². The van der Waals surface area contributed by atoms with Crippen LogP contribution in [-0.4, -0.2) is 36.8 Å². The number of benzene rings is 1. The number of nitrogens with one attached hydrogen (secondary N) is 2. The Kier molecular flexibility index (Phi) is 6.33. The van der Waals surface area contributed by atoms with Crippen molar-refractivity contribution in [1.29, 1.82) is 0 Å². The highest BCUT2D eigenvalue weighted by atomic mass is 16.5. The lowest BCUT2D eigenvalue weighted by Crippen LogP contribution is -2.46. The number of aliphatic hydroxyl groups is 1. The molecule has 4 atom stereocenters. The molecular weight excluding hydrogens is 292 g/mol. The summed E-state index contributed by atoms with van der Waals surface area (Å²) in [4.78, 5) is 12.5. The SMILES string of the molecule is C=C(NC(=O)[C@H](C)[C@@H](OC)[C@@H]1CCCN1)[C@@H](O)c1ccccc1. The predicted molar refractivity (Wildman–Crippen MR) is 89.7 cm³/mol. The van der Waals surface area contributed by atoms with Gasteiger partial charge in [-0.15, -0.1) is 0 Å². The largest absolute Gasteiger partial charge is 0.382 e. The van der Waals surface area contributed by atoms with E-state index in [1.165, 1.54) is 0 Å². The number of hydrogen-bond acceptors (Lipinski definition) is 4. The Labute approximate surface area is 137 Å². The highest BCUT2D eigenvalue weighted by Crippen LogP contribution is 2.21. The van der Waals surface area contributed by atoms with Crippen LogP contribution in [0.1, 0.15) is 31.4 Å². The number of hydrogen-bond donors (Lipinski definition) is 3. The van der Waals surface area contributed by atoms with Gasteiger partial charge in [-0.3, -0.25) is 4.79 Å². The van der Waals surface area contributed by atoms with E-state index < -0.39 is 6.10 Å². The Bertz CT molecular complexity index is 526. The lowest BCUT2D eigenvalue weighted by Gasteiger charge is -2.28. The molecule has 3 N–H and O–H groups in total. The number of carbonyl (C=O) groups is 1. The van der Waals surface area contributed by atoms with Crippen molar-refractivity contribution in [1.82, 2.24) is 10.6 Å². The van der Waals surface area contributed by atoms with E-state index in [0.717, 1.165) is 19.4 Å². The Morgan fingerprint density at radius 3 is 2.70 bits per heavy atom. The average molecular weight is 318 g/mol. The number of carbonyl (C=O) groups excluding carboxylic acids is 1. The lowest BCUT2D eigenvalue weighted by molar-refractivity contribution is -0.129. The third kappa shape index (κ3) is 4.41. The highest BCUT2D eigenvalue weighted by Gasteiger charge is 2.33. The zero-order valence-electron chi connectivity index (χ0n) is 13.8. The number of ether oxygens (including phenoxy) is 1. The molecule has 0 radical (unpaired) electrons. The molecule has 1 saturated heterocycles. The van der Waals surface area contributed by atoms with E-state index in [1.54, 1.807) is 19.2 Å². The summed E-state index contributed by atoms with van der Waals surface area (Å²) in [5, 5.41) is 16.4. The molecule has 1 aliphatic heterocycles. The molecule has 1 fully saturated rings. The second kappa shape index (κ2) is 8.24. The van der Waals surface area contributed by atoms with E-state index in [2.05, 4.69) is 17.2 Å². The van der Waals surface area contributed by atoms with Gasteiger partial charge in [0, 0.05) is 18.8 Å². The summed E-state index contributed by atoms with van der Waals surface area (Å²) in [7, 11) is 1.63. The van der Waals surface area contributed by atoms with Gasteiger partial charge in [-0.05, 0) is 24.9 Å². The second-order valence-electron chi connectivity index (χ2n) is 6.02. The predicted octanol–water partition coefficient (Wildman–Crippen LogP) is 1.75. The minimum atomic E-state index is -0.919. The molecule has 0 bridgehead atoms. The van der Waals surface area contributed by atoms with Crippen LogP contribution in [0, 0.1) is 5.92 Å². The zero-order valence-corrected chi connectivity index (χ0v) is 13.8. The Morgan fingerprint density at radius 2 is 2.13 bits per heavy atom. The van der Waals surface area contributed by atoms with Gasteiger partial charge in [0.1, 0.15) is 6.10 Å². The van der Waals surface area contributed by atoms with Crippen LogP contribution in [0.2, 0.25) is 0 Å². The summed E-state index contributed by atoms with van der Waals surface area (Å²) < 4.78 is 5.53. The molecule has 1 amide bonds. The molecule has 5 nitrogen and oxygen atoms in total.